The van der Waals surface area contributed by atoms with E-state index < -0.39 is 0 Å². The molecule has 1 fully saturated rings. The van der Waals surface area contributed by atoms with Gasteiger partial charge in [0.15, 0.2) is 0 Å². The highest BCUT2D eigenvalue weighted by molar-refractivity contribution is 5.37. The summed E-state index contributed by atoms with van der Waals surface area (Å²) < 4.78 is 1.80. The molecule has 23 heavy (non-hydrogen) atoms. The molecule has 1 saturated heterocycles. The standard InChI is InChI=1S/C18H22N4O/c19-12-15-4-1-2-5-16(15)13-21-8-3-6-17(14-21)18-7-9-22(20-18)10-11-23/h1-2,4-5,7,9,17,23H,3,6,8,10-11,13-14H2/t17-/m1/s1. The lowest BCUT2D eigenvalue weighted by Gasteiger charge is -2.32. The third-order valence-electron chi connectivity index (χ3n) is 4.45. The third kappa shape index (κ3) is 3.79. The van der Waals surface area contributed by atoms with Gasteiger partial charge in [-0.1, -0.05) is 18.2 Å². The van der Waals surface area contributed by atoms with Crippen LogP contribution >= 0.6 is 0 Å². The smallest absolute Gasteiger partial charge is 0.0995 e. The van der Waals surface area contributed by atoms with Crippen LogP contribution in [0.4, 0.5) is 0 Å². The number of nitriles is 1. The van der Waals surface area contributed by atoms with Gasteiger partial charge in [0.2, 0.25) is 0 Å². The van der Waals surface area contributed by atoms with E-state index in [9.17, 15) is 5.26 Å². The molecule has 0 amide bonds. The normalized spacial score (nSPS) is 18.7. The van der Waals surface area contributed by atoms with Crippen LogP contribution in [-0.4, -0.2) is 39.5 Å². The van der Waals surface area contributed by atoms with Crippen molar-refractivity contribution in [3.63, 3.8) is 0 Å². The number of benzene rings is 1. The molecule has 0 spiro atoms. The number of aliphatic hydroxyl groups excluding tert-OH is 1. The van der Waals surface area contributed by atoms with Gasteiger partial charge in [0.1, 0.15) is 0 Å². The van der Waals surface area contributed by atoms with Crippen molar-refractivity contribution in [1.82, 2.24) is 14.7 Å². The SMILES string of the molecule is N#Cc1ccccc1CN1CCC[C@@H](c2ccn(CCO)n2)C1. The first kappa shape index (κ1) is 15.7. The van der Waals surface area contributed by atoms with Crippen molar-refractivity contribution in [2.45, 2.75) is 31.8 Å². The predicted octanol–water partition coefficient (Wildman–Crippen LogP) is 2.13. The van der Waals surface area contributed by atoms with Gasteiger partial charge in [-0.05, 0) is 37.1 Å². The van der Waals surface area contributed by atoms with Crippen LogP contribution < -0.4 is 0 Å². The largest absolute Gasteiger partial charge is 0.394 e. The monoisotopic (exact) mass is 310 g/mol. The molecule has 0 bridgehead atoms. The number of rotatable bonds is 5. The highest BCUT2D eigenvalue weighted by Gasteiger charge is 2.23. The minimum Gasteiger partial charge on any atom is -0.394 e. The molecule has 1 N–H and O–H groups in total. The van der Waals surface area contributed by atoms with Gasteiger partial charge in [0.25, 0.3) is 0 Å². The van der Waals surface area contributed by atoms with E-state index >= 15 is 0 Å². The molecule has 5 nitrogen and oxygen atoms in total. The quantitative estimate of drug-likeness (QED) is 0.919. The van der Waals surface area contributed by atoms with Crippen molar-refractivity contribution in [3.8, 4) is 6.07 Å². The molecular formula is C18H22N4O. The third-order valence-corrected chi connectivity index (χ3v) is 4.45. The Hall–Kier alpha value is -2.16. The first-order valence-electron chi connectivity index (χ1n) is 8.14. The van der Waals surface area contributed by atoms with E-state index in [1.54, 1.807) is 4.68 Å². The highest BCUT2D eigenvalue weighted by atomic mass is 16.3. The van der Waals surface area contributed by atoms with Crippen LogP contribution in [0.15, 0.2) is 36.5 Å². The summed E-state index contributed by atoms with van der Waals surface area (Å²) in [4.78, 5) is 2.41. The minimum atomic E-state index is 0.114. The van der Waals surface area contributed by atoms with Crippen molar-refractivity contribution in [3.05, 3.63) is 53.3 Å². The average molecular weight is 310 g/mol. The fourth-order valence-corrected chi connectivity index (χ4v) is 3.27. The summed E-state index contributed by atoms with van der Waals surface area (Å²) in [6.07, 6.45) is 4.23. The molecule has 5 heteroatoms. The van der Waals surface area contributed by atoms with E-state index in [4.69, 9.17) is 5.11 Å². The number of nitrogens with zero attached hydrogens (tertiary/aromatic N) is 4. The summed E-state index contributed by atoms with van der Waals surface area (Å²) in [5.74, 6) is 0.429. The predicted molar refractivity (Wildman–Crippen MR) is 87.7 cm³/mol. The first-order valence-corrected chi connectivity index (χ1v) is 8.14. The van der Waals surface area contributed by atoms with Gasteiger partial charge in [-0.3, -0.25) is 9.58 Å². The summed E-state index contributed by atoms with van der Waals surface area (Å²) in [5, 5.41) is 22.8. The molecule has 120 valence electrons. The molecule has 1 aliphatic rings. The molecule has 0 saturated carbocycles. The van der Waals surface area contributed by atoms with Crippen LogP contribution in [-0.2, 0) is 13.1 Å². The molecule has 1 aliphatic heterocycles. The maximum absolute atomic E-state index is 9.23. The van der Waals surface area contributed by atoms with E-state index in [1.807, 2.05) is 30.5 Å². The Morgan fingerprint density at radius 1 is 1.30 bits per heavy atom. The Morgan fingerprint density at radius 3 is 3.00 bits per heavy atom. The Labute approximate surface area is 136 Å². The zero-order chi connectivity index (χ0) is 16.1. The Morgan fingerprint density at radius 2 is 2.17 bits per heavy atom. The summed E-state index contributed by atoms with van der Waals surface area (Å²) in [6, 6.07) is 12.2. The van der Waals surface area contributed by atoms with Gasteiger partial charge in [-0.25, -0.2) is 0 Å². The highest BCUT2D eigenvalue weighted by Crippen LogP contribution is 2.27. The van der Waals surface area contributed by atoms with Crippen molar-refractivity contribution < 1.29 is 5.11 Å². The number of likely N-dealkylation sites (tertiary alicyclic amines) is 1. The number of hydrogen-bond acceptors (Lipinski definition) is 4. The molecule has 1 aromatic heterocycles. The van der Waals surface area contributed by atoms with Crippen molar-refractivity contribution in [1.29, 1.82) is 5.26 Å². The summed E-state index contributed by atoms with van der Waals surface area (Å²) in [7, 11) is 0. The van der Waals surface area contributed by atoms with Crippen molar-refractivity contribution in [2.24, 2.45) is 0 Å². The van der Waals surface area contributed by atoms with Crippen molar-refractivity contribution >= 4 is 0 Å². The van der Waals surface area contributed by atoms with E-state index in [-0.39, 0.29) is 6.61 Å². The second kappa shape index (κ2) is 7.40. The van der Waals surface area contributed by atoms with Crippen LogP contribution in [0.5, 0.6) is 0 Å². The van der Waals surface area contributed by atoms with Gasteiger partial charge < -0.3 is 5.11 Å². The lowest BCUT2D eigenvalue weighted by molar-refractivity contribution is 0.197. The zero-order valence-electron chi connectivity index (χ0n) is 13.2. The van der Waals surface area contributed by atoms with Gasteiger partial charge in [0.05, 0.1) is 30.5 Å². The van der Waals surface area contributed by atoms with E-state index in [2.05, 4.69) is 22.1 Å². The average Bonchev–Trinajstić information content (AvgIpc) is 3.05. The molecule has 3 rings (SSSR count). The number of aliphatic hydroxyl groups is 1. The number of aromatic nitrogens is 2. The number of piperidine rings is 1. The minimum absolute atomic E-state index is 0.114. The summed E-state index contributed by atoms with van der Waals surface area (Å²) in [6.45, 7) is 3.51. The van der Waals surface area contributed by atoms with Crippen LogP contribution in [0.2, 0.25) is 0 Å². The molecule has 2 aromatic rings. The van der Waals surface area contributed by atoms with E-state index in [0.717, 1.165) is 49.3 Å². The fourth-order valence-electron chi connectivity index (χ4n) is 3.27. The molecule has 0 unspecified atom stereocenters. The maximum Gasteiger partial charge on any atom is 0.0995 e. The van der Waals surface area contributed by atoms with E-state index in [0.29, 0.717) is 12.5 Å². The maximum atomic E-state index is 9.23. The second-order valence-corrected chi connectivity index (χ2v) is 6.07. The molecular weight excluding hydrogens is 288 g/mol. The molecule has 1 atom stereocenters. The van der Waals surface area contributed by atoms with Crippen LogP contribution in [0.3, 0.4) is 0 Å². The van der Waals surface area contributed by atoms with Gasteiger partial charge in [-0.2, -0.15) is 10.4 Å². The first-order chi connectivity index (χ1) is 11.3. The van der Waals surface area contributed by atoms with Crippen LogP contribution in [0.25, 0.3) is 0 Å². The summed E-state index contributed by atoms with van der Waals surface area (Å²) in [5.41, 5.74) is 2.97. The summed E-state index contributed by atoms with van der Waals surface area (Å²) >= 11 is 0. The molecule has 1 aromatic carbocycles. The van der Waals surface area contributed by atoms with Gasteiger partial charge in [-0.15, -0.1) is 0 Å². The van der Waals surface area contributed by atoms with Gasteiger partial charge >= 0.3 is 0 Å². The molecule has 0 aliphatic carbocycles. The Kier molecular flexibility index (Phi) is 5.06. The zero-order valence-corrected chi connectivity index (χ0v) is 13.2. The molecule has 0 radical (unpaired) electrons. The number of hydrogen-bond donors (Lipinski definition) is 1. The Balaban J connectivity index is 1.67. The lowest BCUT2D eigenvalue weighted by Crippen LogP contribution is -2.34. The van der Waals surface area contributed by atoms with Gasteiger partial charge in [0, 0.05) is 25.2 Å². The Bertz CT molecular complexity index is 688. The van der Waals surface area contributed by atoms with Crippen LogP contribution in [0.1, 0.15) is 35.6 Å². The van der Waals surface area contributed by atoms with E-state index in [1.165, 1.54) is 0 Å². The lowest BCUT2D eigenvalue weighted by atomic mass is 9.94. The second-order valence-electron chi connectivity index (χ2n) is 6.07. The van der Waals surface area contributed by atoms with Crippen molar-refractivity contribution in [2.75, 3.05) is 19.7 Å². The van der Waals surface area contributed by atoms with Crippen LogP contribution in [0, 0.1) is 11.3 Å². The topological polar surface area (TPSA) is 65.1 Å². The molecule has 2 heterocycles. The fraction of sp³-hybridized carbons (Fsp3) is 0.444.